The maximum Gasteiger partial charge on any atom is 0.236 e. The van der Waals surface area contributed by atoms with Gasteiger partial charge in [0.2, 0.25) is 5.91 Å². The van der Waals surface area contributed by atoms with Crippen LogP contribution in [0.4, 0.5) is 0 Å². The monoisotopic (exact) mass is 222 g/mol. The number of methoxy groups -OCH3 is 2. The molecule has 1 aliphatic heterocycles. The van der Waals surface area contributed by atoms with E-state index in [0.29, 0.717) is 17.9 Å². The molecule has 2 rings (SSSR count). The Morgan fingerprint density at radius 3 is 2.69 bits per heavy atom. The Hall–Kier alpha value is -1.75. The number of carbonyl (C=O) groups is 1. The van der Waals surface area contributed by atoms with Crippen LogP contribution in [0, 0.1) is 0 Å². The van der Waals surface area contributed by atoms with Crippen molar-refractivity contribution in [2.75, 3.05) is 14.2 Å². The molecule has 1 aliphatic rings. The van der Waals surface area contributed by atoms with Crippen molar-refractivity contribution in [2.24, 2.45) is 0 Å². The van der Waals surface area contributed by atoms with E-state index in [1.54, 1.807) is 14.2 Å². The molecule has 86 valence electrons. The molecule has 0 saturated carbocycles. The van der Waals surface area contributed by atoms with Crippen molar-refractivity contribution >= 4 is 5.91 Å². The van der Waals surface area contributed by atoms with Gasteiger partial charge in [-0.1, -0.05) is 12.1 Å². The lowest BCUT2D eigenvalue weighted by molar-refractivity contribution is -0.119. The quantitative estimate of drug-likeness (QED) is 0.793. The van der Waals surface area contributed by atoms with E-state index in [0.717, 1.165) is 5.56 Å². The van der Waals surface area contributed by atoms with Crippen LogP contribution in [-0.4, -0.2) is 20.1 Å². The molecule has 1 fully saturated rings. The molecule has 0 aromatic heterocycles. The number of ether oxygens (including phenoxy) is 2. The van der Waals surface area contributed by atoms with Gasteiger partial charge in [0.25, 0.3) is 0 Å². The van der Waals surface area contributed by atoms with Gasteiger partial charge in [-0.05, 0) is 6.07 Å². The van der Waals surface area contributed by atoms with Crippen molar-refractivity contribution in [1.82, 2.24) is 10.9 Å². The minimum Gasteiger partial charge on any atom is -0.493 e. The van der Waals surface area contributed by atoms with Crippen LogP contribution in [-0.2, 0) is 4.79 Å². The van der Waals surface area contributed by atoms with Gasteiger partial charge in [0, 0.05) is 12.0 Å². The Labute approximate surface area is 93.7 Å². The highest BCUT2D eigenvalue weighted by atomic mass is 16.5. The molecule has 1 amide bonds. The number of carbonyl (C=O) groups excluding carboxylic acids is 1. The lowest BCUT2D eigenvalue weighted by Crippen LogP contribution is -2.27. The Morgan fingerprint density at radius 1 is 1.31 bits per heavy atom. The van der Waals surface area contributed by atoms with Gasteiger partial charge in [-0.2, -0.15) is 0 Å². The van der Waals surface area contributed by atoms with Gasteiger partial charge >= 0.3 is 0 Å². The van der Waals surface area contributed by atoms with E-state index in [4.69, 9.17) is 9.47 Å². The van der Waals surface area contributed by atoms with Gasteiger partial charge in [-0.15, -0.1) is 0 Å². The third-order valence-corrected chi connectivity index (χ3v) is 2.58. The molecule has 2 N–H and O–H groups in total. The number of amides is 1. The van der Waals surface area contributed by atoms with Crippen LogP contribution in [0.1, 0.15) is 18.0 Å². The second-order valence-electron chi connectivity index (χ2n) is 3.53. The Balaban J connectivity index is 2.36. The number of hydrogen-bond donors (Lipinski definition) is 2. The van der Waals surface area contributed by atoms with Crippen LogP contribution in [0.5, 0.6) is 11.5 Å². The van der Waals surface area contributed by atoms with E-state index < -0.39 is 0 Å². The molecule has 0 aliphatic carbocycles. The SMILES string of the molecule is COc1cccc(C2CC(=O)NN2)c1OC. The molecule has 1 aromatic carbocycles. The zero-order chi connectivity index (χ0) is 11.5. The largest absolute Gasteiger partial charge is 0.493 e. The number of nitrogens with one attached hydrogen (secondary N) is 2. The third kappa shape index (κ3) is 1.81. The summed E-state index contributed by atoms with van der Waals surface area (Å²) in [7, 11) is 3.18. The summed E-state index contributed by atoms with van der Waals surface area (Å²) in [5.74, 6) is 1.31. The molecule has 0 radical (unpaired) electrons. The molecule has 1 aromatic rings. The summed E-state index contributed by atoms with van der Waals surface area (Å²) in [6, 6.07) is 5.55. The van der Waals surface area contributed by atoms with Gasteiger partial charge < -0.3 is 9.47 Å². The van der Waals surface area contributed by atoms with E-state index in [1.807, 2.05) is 18.2 Å². The fourth-order valence-corrected chi connectivity index (χ4v) is 1.83. The topological polar surface area (TPSA) is 59.6 Å². The van der Waals surface area contributed by atoms with Gasteiger partial charge in [-0.3, -0.25) is 10.2 Å². The van der Waals surface area contributed by atoms with Crippen LogP contribution in [0.2, 0.25) is 0 Å². The summed E-state index contributed by atoms with van der Waals surface area (Å²) < 4.78 is 10.5. The van der Waals surface area contributed by atoms with Crippen LogP contribution < -0.4 is 20.3 Å². The second-order valence-corrected chi connectivity index (χ2v) is 3.53. The number of para-hydroxylation sites is 1. The summed E-state index contributed by atoms with van der Waals surface area (Å²) in [4.78, 5) is 11.1. The molecule has 0 bridgehead atoms. The first-order valence-electron chi connectivity index (χ1n) is 5.01. The summed E-state index contributed by atoms with van der Waals surface area (Å²) >= 11 is 0. The van der Waals surface area contributed by atoms with E-state index in [1.165, 1.54) is 0 Å². The molecule has 1 unspecified atom stereocenters. The maximum absolute atomic E-state index is 11.1. The average molecular weight is 222 g/mol. The molecule has 1 saturated heterocycles. The summed E-state index contributed by atoms with van der Waals surface area (Å²) in [5, 5.41) is 0. The maximum atomic E-state index is 11.1. The first-order chi connectivity index (χ1) is 7.76. The van der Waals surface area contributed by atoms with Crippen LogP contribution in [0.25, 0.3) is 0 Å². The van der Waals surface area contributed by atoms with Crippen molar-refractivity contribution in [3.8, 4) is 11.5 Å². The molecule has 16 heavy (non-hydrogen) atoms. The third-order valence-electron chi connectivity index (χ3n) is 2.58. The molecule has 5 heteroatoms. The van der Waals surface area contributed by atoms with Gasteiger partial charge in [0.1, 0.15) is 0 Å². The Kier molecular flexibility index (Phi) is 2.96. The van der Waals surface area contributed by atoms with Gasteiger partial charge in [-0.25, -0.2) is 5.43 Å². The highest BCUT2D eigenvalue weighted by molar-refractivity contribution is 5.78. The van der Waals surface area contributed by atoms with Crippen molar-refractivity contribution in [3.05, 3.63) is 23.8 Å². The Bertz CT molecular complexity index is 406. The first kappa shape index (κ1) is 10.8. The van der Waals surface area contributed by atoms with Gasteiger partial charge in [0.05, 0.1) is 20.3 Å². The van der Waals surface area contributed by atoms with Gasteiger partial charge in [0.15, 0.2) is 11.5 Å². The molecular weight excluding hydrogens is 208 g/mol. The highest BCUT2D eigenvalue weighted by Gasteiger charge is 2.26. The minimum absolute atomic E-state index is 0.0186. The fourth-order valence-electron chi connectivity index (χ4n) is 1.83. The number of hydrazine groups is 1. The molecular formula is C11H14N2O3. The summed E-state index contributed by atoms with van der Waals surface area (Å²) in [6.07, 6.45) is 0.406. The average Bonchev–Trinajstić information content (AvgIpc) is 2.74. The van der Waals surface area contributed by atoms with E-state index >= 15 is 0 Å². The zero-order valence-corrected chi connectivity index (χ0v) is 9.24. The zero-order valence-electron chi connectivity index (χ0n) is 9.24. The van der Waals surface area contributed by atoms with Crippen LogP contribution >= 0.6 is 0 Å². The lowest BCUT2D eigenvalue weighted by atomic mass is 10.0. The molecule has 1 heterocycles. The van der Waals surface area contributed by atoms with E-state index in [-0.39, 0.29) is 11.9 Å². The van der Waals surface area contributed by atoms with E-state index in [2.05, 4.69) is 10.9 Å². The van der Waals surface area contributed by atoms with Crippen LogP contribution in [0.15, 0.2) is 18.2 Å². The molecule has 1 atom stereocenters. The normalized spacial score (nSPS) is 19.4. The second kappa shape index (κ2) is 4.40. The standard InChI is InChI=1S/C11H14N2O3/c1-15-9-5-3-4-7(11(9)16-2)8-6-10(14)13-12-8/h3-5,8,12H,6H2,1-2H3,(H,13,14). The lowest BCUT2D eigenvalue weighted by Gasteiger charge is -2.16. The van der Waals surface area contributed by atoms with Crippen molar-refractivity contribution in [1.29, 1.82) is 0 Å². The molecule has 0 spiro atoms. The first-order valence-corrected chi connectivity index (χ1v) is 5.01. The van der Waals surface area contributed by atoms with E-state index in [9.17, 15) is 4.79 Å². The van der Waals surface area contributed by atoms with Crippen LogP contribution in [0.3, 0.4) is 0 Å². The minimum atomic E-state index is -0.0717. The van der Waals surface area contributed by atoms with Crippen molar-refractivity contribution in [2.45, 2.75) is 12.5 Å². The number of benzene rings is 1. The predicted molar refractivity (Wildman–Crippen MR) is 58.2 cm³/mol. The number of rotatable bonds is 3. The highest BCUT2D eigenvalue weighted by Crippen LogP contribution is 2.36. The Morgan fingerprint density at radius 2 is 2.12 bits per heavy atom. The number of hydrogen-bond acceptors (Lipinski definition) is 4. The summed E-state index contributed by atoms with van der Waals surface area (Å²) in [5.41, 5.74) is 6.40. The summed E-state index contributed by atoms with van der Waals surface area (Å²) in [6.45, 7) is 0. The smallest absolute Gasteiger partial charge is 0.236 e. The molecule has 5 nitrogen and oxygen atoms in total. The van der Waals surface area contributed by atoms with Crippen molar-refractivity contribution < 1.29 is 14.3 Å². The van der Waals surface area contributed by atoms with Crippen molar-refractivity contribution in [3.63, 3.8) is 0 Å². The fraction of sp³-hybridized carbons (Fsp3) is 0.364. The predicted octanol–water partition coefficient (Wildman–Crippen LogP) is 0.769.